The van der Waals surface area contributed by atoms with Crippen molar-refractivity contribution in [2.75, 3.05) is 0 Å². The Bertz CT molecular complexity index is 726. The fourth-order valence-corrected chi connectivity index (χ4v) is 2.48. The maximum Gasteiger partial charge on any atom is 0.407 e. The summed E-state index contributed by atoms with van der Waals surface area (Å²) in [4.78, 5) is 11.8. The zero-order chi connectivity index (χ0) is 19.2. The lowest BCUT2D eigenvalue weighted by molar-refractivity contribution is 0.0508. The standard InChI is InChI=1S/C21H26FNO3/c1-15(23-20(24)26-21(2,3)4)10-17-11-18(22)13-19(12-17)25-14-16-8-6-5-7-9-16/h5-9,11-13,15H,10,14H2,1-4H3,(H,23,24)/t15-/m1/s1. The van der Waals surface area contributed by atoms with E-state index in [4.69, 9.17) is 9.47 Å². The highest BCUT2D eigenvalue weighted by Gasteiger charge is 2.18. The van der Waals surface area contributed by atoms with Crippen LogP contribution in [0.5, 0.6) is 5.75 Å². The molecule has 140 valence electrons. The molecular weight excluding hydrogens is 333 g/mol. The van der Waals surface area contributed by atoms with Gasteiger partial charge in [0.25, 0.3) is 0 Å². The lowest BCUT2D eigenvalue weighted by atomic mass is 10.1. The Morgan fingerprint density at radius 2 is 1.81 bits per heavy atom. The number of amides is 1. The molecule has 0 bridgehead atoms. The summed E-state index contributed by atoms with van der Waals surface area (Å²) in [5, 5.41) is 2.76. The third-order valence-electron chi connectivity index (χ3n) is 3.48. The Kier molecular flexibility index (Phi) is 6.61. The highest BCUT2D eigenvalue weighted by Crippen LogP contribution is 2.19. The Balaban J connectivity index is 1.94. The predicted molar refractivity (Wildman–Crippen MR) is 99.7 cm³/mol. The van der Waals surface area contributed by atoms with Crippen LogP contribution < -0.4 is 10.1 Å². The molecule has 2 rings (SSSR count). The van der Waals surface area contributed by atoms with E-state index >= 15 is 0 Å². The van der Waals surface area contributed by atoms with E-state index in [0.717, 1.165) is 11.1 Å². The van der Waals surface area contributed by atoms with Crippen molar-refractivity contribution in [1.82, 2.24) is 5.32 Å². The highest BCUT2D eigenvalue weighted by atomic mass is 19.1. The molecule has 1 N–H and O–H groups in total. The molecule has 4 nitrogen and oxygen atoms in total. The topological polar surface area (TPSA) is 47.6 Å². The molecule has 0 heterocycles. The van der Waals surface area contributed by atoms with E-state index in [1.807, 2.05) is 37.3 Å². The Morgan fingerprint density at radius 1 is 1.12 bits per heavy atom. The molecule has 0 aliphatic rings. The Labute approximate surface area is 154 Å². The Hall–Kier alpha value is -2.56. The van der Waals surface area contributed by atoms with Crippen molar-refractivity contribution in [3.8, 4) is 5.75 Å². The van der Waals surface area contributed by atoms with Gasteiger partial charge in [-0.05, 0) is 57.4 Å². The fraction of sp³-hybridized carbons (Fsp3) is 0.381. The average molecular weight is 359 g/mol. The van der Waals surface area contributed by atoms with Gasteiger partial charge in [0.15, 0.2) is 0 Å². The summed E-state index contributed by atoms with van der Waals surface area (Å²) in [6.45, 7) is 7.63. The van der Waals surface area contributed by atoms with Crippen LogP contribution in [0.2, 0.25) is 0 Å². The largest absolute Gasteiger partial charge is 0.489 e. The van der Waals surface area contributed by atoms with Gasteiger partial charge < -0.3 is 14.8 Å². The number of carbonyl (C=O) groups is 1. The molecule has 0 radical (unpaired) electrons. The first-order chi connectivity index (χ1) is 12.2. The van der Waals surface area contributed by atoms with Gasteiger partial charge in [-0.3, -0.25) is 0 Å². The lowest BCUT2D eigenvalue weighted by Crippen LogP contribution is -2.38. The molecule has 0 fully saturated rings. The molecule has 0 aromatic heterocycles. The van der Waals surface area contributed by atoms with Crippen LogP contribution in [0.25, 0.3) is 0 Å². The second-order valence-corrected chi connectivity index (χ2v) is 7.32. The van der Waals surface area contributed by atoms with Crippen molar-refractivity contribution in [2.45, 2.75) is 52.4 Å². The van der Waals surface area contributed by atoms with E-state index in [1.54, 1.807) is 26.8 Å². The number of ether oxygens (including phenoxy) is 2. The van der Waals surface area contributed by atoms with Gasteiger partial charge in [0.05, 0.1) is 0 Å². The quantitative estimate of drug-likeness (QED) is 0.801. The minimum absolute atomic E-state index is 0.200. The minimum atomic E-state index is -0.554. The lowest BCUT2D eigenvalue weighted by Gasteiger charge is -2.22. The molecule has 5 heteroatoms. The summed E-state index contributed by atoms with van der Waals surface area (Å²) >= 11 is 0. The summed E-state index contributed by atoms with van der Waals surface area (Å²) in [5.41, 5.74) is 1.20. The molecule has 0 aliphatic heterocycles. The molecule has 0 aliphatic carbocycles. The van der Waals surface area contributed by atoms with E-state index in [0.29, 0.717) is 18.8 Å². The molecule has 2 aromatic rings. The van der Waals surface area contributed by atoms with Crippen LogP contribution in [-0.2, 0) is 17.8 Å². The number of hydrogen-bond acceptors (Lipinski definition) is 3. The normalized spacial score (nSPS) is 12.3. The molecule has 0 saturated heterocycles. The van der Waals surface area contributed by atoms with Crippen LogP contribution in [0.4, 0.5) is 9.18 Å². The number of halogens is 1. The summed E-state index contributed by atoms with van der Waals surface area (Å²) in [7, 11) is 0. The van der Waals surface area contributed by atoms with Crippen LogP contribution in [0, 0.1) is 5.82 Å². The van der Waals surface area contributed by atoms with Gasteiger partial charge in [-0.2, -0.15) is 0 Å². The SMILES string of the molecule is C[C@H](Cc1cc(F)cc(OCc2ccccc2)c1)NC(=O)OC(C)(C)C. The number of rotatable bonds is 6. The summed E-state index contributed by atoms with van der Waals surface area (Å²) < 4.78 is 24.8. The van der Waals surface area contributed by atoms with Crippen molar-refractivity contribution < 1.29 is 18.7 Å². The van der Waals surface area contributed by atoms with Gasteiger partial charge in [0, 0.05) is 12.1 Å². The van der Waals surface area contributed by atoms with Gasteiger partial charge in [-0.1, -0.05) is 30.3 Å². The molecule has 1 atom stereocenters. The molecule has 0 unspecified atom stereocenters. The first kappa shape index (κ1) is 19.8. The van der Waals surface area contributed by atoms with Crippen molar-refractivity contribution >= 4 is 6.09 Å². The number of carbonyl (C=O) groups excluding carboxylic acids is 1. The zero-order valence-electron chi connectivity index (χ0n) is 15.7. The number of nitrogens with one attached hydrogen (secondary N) is 1. The molecule has 0 saturated carbocycles. The van der Waals surface area contributed by atoms with Crippen LogP contribution in [0.15, 0.2) is 48.5 Å². The van der Waals surface area contributed by atoms with Crippen LogP contribution >= 0.6 is 0 Å². The fourth-order valence-electron chi connectivity index (χ4n) is 2.48. The second kappa shape index (κ2) is 8.70. The van der Waals surface area contributed by atoms with Crippen molar-refractivity contribution in [3.63, 3.8) is 0 Å². The first-order valence-corrected chi connectivity index (χ1v) is 8.67. The van der Waals surface area contributed by atoms with E-state index in [1.165, 1.54) is 12.1 Å². The number of alkyl carbamates (subject to hydrolysis) is 1. The van der Waals surface area contributed by atoms with Gasteiger partial charge in [0.1, 0.15) is 23.8 Å². The van der Waals surface area contributed by atoms with Crippen LogP contribution in [-0.4, -0.2) is 17.7 Å². The van der Waals surface area contributed by atoms with Gasteiger partial charge in [0.2, 0.25) is 0 Å². The maximum absolute atomic E-state index is 13.9. The maximum atomic E-state index is 13.9. The summed E-state index contributed by atoms with van der Waals surface area (Å²) in [5.74, 6) is 0.100. The van der Waals surface area contributed by atoms with Crippen LogP contribution in [0.3, 0.4) is 0 Å². The van der Waals surface area contributed by atoms with Crippen molar-refractivity contribution in [2.24, 2.45) is 0 Å². The van der Waals surface area contributed by atoms with Gasteiger partial charge in [-0.15, -0.1) is 0 Å². The van der Waals surface area contributed by atoms with Gasteiger partial charge >= 0.3 is 6.09 Å². The number of hydrogen-bond donors (Lipinski definition) is 1. The van der Waals surface area contributed by atoms with E-state index in [-0.39, 0.29) is 11.9 Å². The van der Waals surface area contributed by atoms with E-state index < -0.39 is 11.7 Å². The molecule has 2 aromatic carbocycles. The zero-order valence-corrected chi connectivity index (χ0v) is 15.7. The van der Waals surface area contributed by atoms with Crippen molar-refractivity contribution in [3.05, 3.63) is 65.5 Å². The number of benzene rings is 2. The minimum Gasteiger partial charge on any atom is -0.489 e. The molecule has 1 amide bonds. The van der Waals surface area contributed by atoms with Crippen LogP contribution in [0.1, 0.15) is 38.8 Å². The first-order valence-electron chi connectivity index (χ1n) is 8.67. The Morgan fingerprint density at radius 3 is 2.46 bits per heavy atom. The van der Waals surface area contributed by atoms with E-state index in [2.05, 4.69) is 5.32 Å². The summed E-state index contributed by atoms with van der Waals surface area (Å²) in [6.07, 6.45) is -0.0134. The third kappa shape index (κ3) is 7.13. The molecule has 0 spiro atoms. The molecule has 26 heavy (non-hydrogen) atoms. The van der Waals surface area contributed by atoms with Crippen molar-refractivity contribution in [1.29, 1.82) is 0 Å². The smallest absolute Gasteiger partial charge is 0.407 e. The molecular formula is C21H26FNO3. The van der Waals surface area contributed by atoms with Gasteiger partial charge in [-0.25, -0.2) is 9.18 Å². The highest BCUT2D eigenvalue weighted by molar-refractivity contribution is 5.68. The predicted octanol–water partition coefficient (Wildman–Crippen LogP) is 4.86. The average Bonchev–Trinajstić information content (AvgIpc) is 2.51. The summed E-state index contributed by atoms with van der Waals surface area (Å²) in [6, 6.07) is 14.1. The third-order valence-corrected chi connectivity index (χ3v) is 3.48. The second-order valence-electron chi connectivity index (χ2n) is 7.32. The monoisotopic (exact) mass is 359 g/mol. The van der Waals surface area contributed by atoms with E-state index in [9.17, 15) is 9.18 Å².